The smallest absolute Gasteiger partial charge is 0.163 e. The molecule has 112 valence electrons. The van der Waals surface area contributed by atoms with Gasteiger partial charge in [0.15, 0.2) is 5.82 Å². The lowest BCUT2D eigenvalue weighted by Gasteiger charge is -2.15. The van der Waals surface area contributed by atoms with Crippen LogP contribution in [0.15, 0.2) is 22.7 Å². The highest BCUT2D eigenvalue weighted by atomic mass is 79.9. The lowest BCUT2D eigenvalue weighted by Crippen LogP contribution is -2.07. The highest BCUT2D eigenvalue weighted by Gasteiger charge is 2.17. The fourth-order valence-electron chi connectivity index (χ4n) is 1.92. The van der Waals surface area contributed by atoms with Crippen molar-refractivity contribution in [1.29, 1.82) is 0 Å². The van der Waals surface area contributed by atoms with Crippen molar-refractivity contribution in [1.82, 2.24) is 9.97 Å². The van der Waals surface area contributed by atoms with Crippen LogP contribution in [0.3, 0.4) is 0 Å². The van der Waals surface area contributed by atoms with E-state index in [0.29, 0.717) is 22.2 Å². The van der Waals surface area contributed by atoms with E-state index < -0.39 is 0 Å². The Labute approximate surface area is 137 Å². The molecular weight excluding hydrogens is 357 g/mol. The van der Waals surface area contributed by atoms with Gasteiger partial charge in [-0.2, -0.15) is 0 Å². The molecule has 21 heavy (non-hydrogen) atoms. The first-order chi connectivity index (χ1) is 9.93. The predicted octanol–water partition coefficient (Wildman–Crippen LogP) is 5.25. The van der Waals surface area contributed by atoms with Gasteiger partial charge in [-0.05, 0) is 47.0 Å². The number of hydrogen-bond acceptors (Lipinski definition) is 3. The molecule has 1 N–H and O–H groups in total. The lowest BCUT2D eigenvalue weighted by molar-refractivity contribution is 0.628. The molecule has 0 fully saturated rings. The minimum absolute atomic E-state index is 0.220. The van der Waals surface area contributed by atoms with Gasteiger partial charge in [-0.15, -0.1) is 0 Å². The third-order valence-corrected chi connectivity index (χ3v) is 4.03. The number of nitrogens with one attached hydrogen (secondary N) is 1. The van der Waals surface area contributed by atoms with Gasteiger partial charge >= 0.3 is 0 Å². The number of benzene rings is 1. The molecule has 0 amide bonds. The first-order valence-corrected chi connectivity index (χ1v) is 7.87. The molecule has 1 heterocycles. The highest BCUT2D eigenvalue weighted by molar-refractivity contribution is 9.10. The Morgan fingerprint density at radius 3 is 2.62 bits per heavy atom. The van der Waals surface area contributed by atoms with Crippen LogP contribution in [0.1, 0.15) is 32.4 Å². The van der Waals surface area contributed by atoms with Crippen molar-refractivity contribution in [2.45, 2.75) is 26.7 Å². The minimum Gasteiger partial charge on any atom is -0.369 e. The molecule has 0 aliphatic rings. The topological polar surface area (TPSA) is 37.8 Å². The number of hydrogen-bond donors (Lipinski definition) is 1. The first-order valence-electron chi connectivity index (χ1n) is 6.70. The summed E-state index contributed by atoms with van der Waals surface area (Å²) in [5.41, 5.74) is 1.50. The van der Waals surface area contributed by atoms with Gasteiger partial charge in [-0.1, -0.05) is 25.4 Å². The zero-order chi connectivity index (χ0) is 15.6. The second-order valence-electron chi connectivity index (χ2n) is 4.90. The summed E-state index contributed by atoms with van der Waals surface area (Å²) in [6.45, 7) is 6.84. The third kappa shape index (κ3) is 3.52. The summed E-state index contributed by atoms with van der Waals surface area (Å²) in [6, 6.07) is 4.22. The molecule has 0 radical (unpaired) electrons. The van der Waals surface area contributed by atoms with Crippen molar-refractivity contribution in [3.63, 3.8) is 0 Å². The van der Waals surface area contributed by atoms with Crippen LogP contribution in [0, 0.1) is 5.82 Å². The molecule has 0 unspecified atom stereocenters. The summed E-state index contributed by atoms with van der Waals surface area (Å²) < 4.78 is 14.0. The van der Waals surface area contributed by atoms with E-state index in [9.17, 15) is 4.39 Å². The predicted molar refractivity (Wildman–Crippen MR) is 88.4 cm³/mol. The van der Waals surface area contributed by atoms with Crippen LogP contribution in [0.4, 0.5) is 10.2 Å². The number of rotatable bonds is 4. The largest absolute Gasteiger partial charge is 0.369 e. The molecule has 0 saturated carbocycles. The maximum atomic E-state index is 13.2. The van der Waals surface area contributed by atoms with E-state index in [2.05, 4.69) is 45.1 Å². The molecule has 0 aliphatic heterocycles. The number of anilines is 1. The van der Waals surface area contributed by atoms with Crippen molar-refractivity contribution in [3.05, 3.63) is 39.2 Å². The fraction of sp³-hybridized carbons (Fsp3) is 0.333. The van der Waals surface area contributed by atoms with E-state index in [4.69, 9.17) is 11.6 Å². The van der Waals surface area contributed by atoms with Crippen LogP contribution in [0.2, 0.25) is 5.02 Å². The van der Waals surface area contributed by atoms with Gasteiger partial charge in [-0.25, -0.2) is 14.4 Å². The number of aromatic nitrogens is 2. The second kappa shape index (κ2) is 6.71. The van der Waals surface area contributed by atoms with E-state index in [1.54, 1.807) is 6.07 Å². The fourth-order valence-corrected chi connectivity index (χ4v) is 2.95. The molecule has 2 rings (SSSR count). The van der Waals surface area contributed by atoms with E-state index in [-0.39, 0.29) is 11.7 Å². The Morgan fingerprint density at radius 1 is 1.33 bits per heavy atom. The molecule has 0 aliphatic carbocycles. The minimum atomic E-state index is -0.378. The first kappa shape index (κ1) is 16.2. The van der Waals surface area contributed by atoms with Crippen molar-refractivity contribution in [2.24, 2.45) is 0 Å². The van der Waals surface area contributed by atoms with Crippen molar-refractivity contribution >= 4 is 33.3 Å². The van der Waals surface area contributed by atoms with Gasteiger partial charge in [0, 0.05) is 12.1 Å². The maximum Gasteiger partial charge on any atom is 0.163 e. The summed E-state index contributed by atoms with van der Waals surface area (Å²) in [5.74, 6) is 1.05. The summed E-state index contributed by atoms with van der Waals surface area (Å²) in [7, 11) is 0. The van der Waals surface area contributed by atoms with E-state index in [1.165, 1.54) is 12.1 Å². The SMILES string of the molecule is CCNc1nc(-c2ccc(F)cc2Cl)nc(C(C)C)c1Br. The van der Waals surface area contributed by atoms with E-state index in [0.717, 1.165) is 16.7 Å². The van der Waals surface area contributed by atoms with Crippen molar-refractivity contribution in [2.75, 3.05) is 11.9 Å². The number of halogens is 3. The molecule has 2 aromatic rings. The standard InChI is InChI=1S/C15H16BrClFN3/c1-4-19-15-12(16)13(8(2)3)20-14(21-15)10-6-5-9(18)7-11(10)17/h5-8H,4H2,1-3H3,(H,19,20,21). The van der Waals surface area contributed by atoms with Crippen LogP contribution in [-0.4, -0.2) is 16.5 Å². The van der Waals surface area contributed by atoms with Gasteiger partial charge in [0.25, 0.3) is 0 Å². The quantitative estimate of drug-likeness (QED) is 0.796. The average Bonchev–Trinajstić information content (AvgIpc) is 2.41. The molecule has 1 aromatic heterocycles. The van der Waals surface area contributed by atoms with Crippen LogP contribution in [0.25, 0.3) is 11.4 Å². The summed E-state index contributed by atoms with van der Waals surface area (Å²) in [4.78, 5) is 9.06. The van der Waals surface area contributed by atoms with Gasteiger partial charge in [0.1, 0.15) is 11.6 Å². The Morgan fingerprint density at radius 2 is 2.05 bits per heavy atom. The third-order valence-electron chi connectivity index (χ3n) is 2.94. The second-order valence-corrected chi connectivity index (χ2v) is 6.10. The van der Waals surface area contributed by atoms with Gasteiger partial charge in [0.05, 0.1) is 15.2 Å². The van der Waals surface area contributed by atoms with Gasteiger partial charge < -0.3 is 5.32 Å². The molecule has 0 spiro atoms. The Balaban J connectivity index is 2.62. The Kier molecular flexibility index (Phi) is 5.17. The van der Waals surface area contributed by atoms with Crippen LogP contribution in [-0.2, 0) is 0 Å². The number of nitrogens with zero attached hydrogens (tertiary/aromatic N) is 2. The maximum absolute atomic E-state index is 13.2. The zero-order valence-corrected chi connectivity index (χ0v) is 14.4. The van der Waals surface area contributed by atoms with Crippen LogP contribution in [0.5, 0.6) is 0 Å². The summed E-state index contributed by atoms with van der Waals surface area (Å²) in [6.07, 6.45) is 0. The van der Waals surface area contributed by atoms with Gasteiger partial charge in [0.2, 0.25) is 0 Å². The normalized spacial score (nSPS) is 11.0. The molecule has 6 heteroatoms. The van der Waals surface area contributed by atoms with E-state index in [1.807, 2.05) is 6.92 Å². The highest BCUT2D eigenvalue weighted by Crippen LogP contribution is 2.33. The molecule has 3 nitrogen and oxygen atoms in total. The molecule has 1 aromatic carbocycles. The summed E-state index contributed by atoms with van der Waals surface area (Å²) in [5, 5.41) is 3.50. The van der Waals surface area contributed by atoms with Crippen molar-refractivity contribution in [3.8, 4) is 11.4 Å². The molecule has 0 atom stereocenters. The Bertz CT molecular complexity index is 662. The van der Waals surface area contributed by atoms with Crippen LogP contribution < -0.4 is 5.32 Å². The average molecular weight is 373 g/mol. The zero-order valence-electron chi connectivity index (χ0n) is 12.0. The monoisotopic (exact) mass is 371 g/mol. The molecule has 0 saturated heterocycles. The van der Waals surface area contributed by atoms with E-state index >= 15 is 0 Å². The molecular formula is C15H16BrClFN3. The Hall–Kier alpha value is -1.20. The molecule has 0 bridgehead atoms. The summed E-state index contributed by atoms with van der Waals surface area (Å²) >= 11 is 9.65. The lowest BCUT2D eigenvalue weighted by atomic mass is 10.1. The van der Waals surface area contributed by atoms with Gasteiger partial charge in [-0.3, -0.25) is 0 Å². The van der Waals surface area contributed by atoms with Crippen molar-refractivity contribution < 1.29 is 4.39 Å². The van der Waals surface area contributed by atoms with Crippen LogP contribution >= 0.6 is 27.5 Å².